The lowest BCUT2D eigenvalue weighted by atomic mass is 9.88. The van der Waals surface area contributed by atoms with E-state index in [1.54, 1.807) is 4.90 Å². The van der Waals surface area contributed by atoms with Gasteiger partial charge in [0.25, 0.3) is 0 Å². The molecule has 5 rings (SSSR count). The Morgan fingerprint density at radius 2 is 1.61 bits per heavy atom. The van der Waals surface area contributed by atoms with Crippen molar-refractivity contribution in [2.24, 2.45) is 5.92 Å². The quantitative estimate of drug-likeness (QED) is 0.281. The van der Waals surface area contributed by atoms with Crippen molar-refractivity contribution < 1.29 is 9.59 Å². The zero-order chi connectivity index (χ0) is 24.9. The van der Waals surface area contributed by atoms with Gasteiger partial charge < -0.3 is 9.47 Å². The molecule has 0 saturated heterocycles. The van der Waals surface area contributed by atoms with Crippen LogP contribution in [0.5, 0.6) is 0 Å². The highest BCUT2D eigenvalue weighted by Gasteiger charge is 2.25. The van der Waals surface area contributed by atoms with Crippen LogP contribution in [-0.2, 0) is 24.2 Å². The third kappa shape index (κ3) is 5.25. The Kier molecular flexibility index (Phi) is 7.26. The van der Waals surface area contributed by atoms with Crippen LogP contribution >= 0.6 is 0 Å². The summed E-state index contributed by atoms with van der Waals surface area (Å²) in [6.07, 6.45) is 6.53. The molecular formula is C31H33N3O2. The monoisotopic (exact) mass is 479 g/mol. The summed E-state index contributed by atoms with van der Waals surface area (Å²) in [5.41, 5.74) is 4.60. The summed E-state index contributed by atoms with van der Waals surface area (Å²) in [4.78, 5) is 32.9. The van der Waals surface area contributed by atoms with Gasteiger partial charge in [-0.15, -0.1) is 0 Å². The maximum Gasteiger partial charge on any atom is 0.229 e. The summed E-state index contributed by atoms with van der Waals surface area (Å²) >= 11 is 0. The van der Waals surface area contributed by atoms with Crippen molar-refractivity contribution in [1.29, 1.82) is 0 Å². The van der Waals surface area contributed by atoms with Gasteiger partial charge in [0, 0.05) is 30.8 Å². The molecular weight excluding hydrogens is 446 g/mol. The van der Waals surface area contributed by atoms with Gasteiger partial charge in [-0.05, 0) is 43.0 Å². The van der Waals surface area contributed by atoms with Crippen LogP contribution in [-0.4, -0.2) is 28.3 Å². The number of hydrogen-bond acceptors (Lipinski definition) is 3. The highest BCUT2D eigenvalue weighted by Crippen LogP contribution is 2.29. The molecule has 5 heteroatoms. The van der Waals surface area contributed by atoms with E-state index in [0.717, 1.165) is 61.2 Å². The first-order valence-electron chi connectivity index (χ1n) is 13.0. The Labute approximate surface area is 212 Å². The molecule has 0 aliphatic heterocycles. The summed E-state index contributed by atoms with van der Waals surface area (Å²) in [5, 5.41) is 0. The third-order valence-corrected chi connectivity index (χ3v) is 7.36. The van der Waals surface area contributed by atoms with Crippen LogP contribution in [0.4, 0.5) is 5.69 Å². The topological polar surface area (TPSA) is 55.2 Å². The van der Waals surface area contributed by atoms with Crippen LogP contribution in [0.3, 0.4) is 0 Å². The van der Waals surface area contributed by atoms with Gasteiger partial charge in [0.2, 0.25) is 5.91 Å². The Morgan fingerprint density at radius 1 is 0.917 bits per heavy atom. The molecule has 1 aliphatic rings. The minimum Gasteiger partial charge on any atom is -0.327 e. The van der Waals surface area contributed by atoms with Crippen LogP contribution in [0.25, 0.3) is 11.0 Å². The Balaban J connectivity index is 1.45. The number of rotatable bonds is 8. The van der Waals surface area contributed by atoms with Gasteiger partial charge in [0.15, 0.2) is 5.78 Å². The average molecular weight is 480 g/mol. The van der Waals surface area contributed by atoms with Gasteiger partial charge in [-0.3, -0.25) is 9.59 Å². The molecule has 1 amide bonds. The number of imidazole rings is 1. The highest BCUT2D eigenvalue weighted by molar-refractivity contribution is 5.98. The molecule has 3 aromatic carbocycles. The smallest absolute Gasteiger partial charge is 0.229 e. The number of ketones is 1. The number of hydrogen-bond donors (Lipinski definition) is 0. The number of Topliss-reactive ketones (excluding diaryl/α,β-unsaturated/α-hetero) is 1. The molecule has 184 valence electrons. The molecule has 1 fully saturated rings. The van der Waals surface area contributed by atoms with Crippen molar-refractivity contribution in [2.75, 3.05) is 11.9 Å². The molecule has 1 aromatic heterocycles. The number of fused-ring (bicyclic) bond motifs is 1. The average Bonchev–Trinajstić information content (AvgIpc) is 3.28. The molecule has 0 spiro atoms. The molecule has 0 bridgehead atoms. The van der Waals surface area contributed by atoms with E-state index in [2.05, 4.69) is 16.7 Å². The fraction of sp³-hybridized carbons (Fsp3) is 0.323. The van der Waals surface area contributed by atoms with Crippen molar-refractivity contribution in [2.45, 2.75) is 51.5 Å². The lowest BCUT2D eigenvalue weighted by Crippen LogP contribution is -2.33. The molecule has 5 nitrogen and oxygen atoms in total. The Hall–Kier alpha value is -3.73. The molecule has 4 aromatic rings. The predicted molar refractivity (Wildman–Crippen MR) is 144 cm³/mol. The molecule has 1 saturated carbocycles. The number of amides is 1. The van der Waals surface area contributed by atoms with Crippen LogP contribution < -0.4 is 4.90 Å². The number of benzene rings is 3. The minimum absolute atomic E-state index is 0.0525. The van der Waals surface area contributed by atoms with E-state index in [1.807, 2.05) is 73.8 Å². The van der Waals surface area contributed by atoms with Gasteiger partial charge in [0.1, 0.15) is 5.82 Å². The van der Waals surface area contributed by atoms with Crippen molar-refractivity contribution in [3.8, 4) is 0 Å². The van der Waals surface area contributed by atoms with Gasteiger partial charge >= 0.3 is 0 Å². The standard InChI is InChI=1S/C31H33N3O2/c1-33(31(36)25-15-9-4-10-16-25)26-17-18-28-27(21-26)32-30(22-29(35)24-13-7-3-8-14-24)34(28)20-19-23-11-5-2-6-12-23/h2-3,5-8,11-14,17-18,21,25H,4,9-10,15-16,19-20,22H2,1H3. The number of carbonyl (C=O) groups excluding carboxylic acids is 2. The molecule has 0 unspecified atom stereocenters. The summed E-state index contributed by atoms with van der Waals surface area (Å²) in [6.45, 7) is 0.730. The van der Waals surface area contributed by atoms with Crippen molar-refractivity contribution in [3.63, 3.8) is 0 Å². The summed E-state index contributed by atoms with van der Waals surface area (Å²) in [7, 11) is 1.87. The van der Waals surface area contributed by atoms with E-state index in [1.165, 1.54) is 12.0 Å². The van der Waals surface area contributed by atoms with E-state index < -0.39 is 0 Å². The Morgan fingerprint density at radius 3 is 2.33 bits per heavy atom. The molecule has 1 aliphatic carbocycles. The van der Waals surface area contributed by atoms with Crippen LogP contribution in [0.2, 0.25) is 0 Å². The first kappa shape index (κ1) is 24.0. The molecule has 0 atom stereocenters. The molecule has 0 radical (unpaired) electrons. The second kappa shape index (κ2) is 10.9. The molecule has 0 N–H and O–H groups in total. The third-order valence-electron chi connectivity index (χ3n) is 7.36. The normalized spacial score (nSPS) is 14.1. The lowest BCUT2D eigenvalue weighted by Gasteiger charge is -2.26. The van der Waals surface area contributed by atoms with Gasteiger partial charge in [0.05, 0.1) is 17.5 Å². The number of aryl methyl sites for hydroxylation is 2. The second-order valence-corrected chi connectivity index (χ2v) is 9.79. The summed E-state index contributed by atoms with van der Waals surface area (Å²) in [5.74, 6) is 1.11. The fourth-order valence-electron chi connectivity index (χ4n) is 5.27. The first-order valence-corrected chi connectivity index (χ1v) is 13.0. The summed E-state index contributed by atoms with van der Waals surface area (Å²) in [6, 6.07) is 25.8. The van der Waals surface area contributed by atoms with Crippen LogP contribution in [0.15, 0.2) is 78.9 Å². The summed E-state index contributed by atoms with van der Waals surface area (Å²) < 4.78 is 2.16. The van der Waals surface area contributed by atoms with E-state index in [-0.39, 0.29) is 24.0 Å². The molecule has 36 heavy (non-hydrogen) atoms. The van der Waals surface area contributed by atoms with E-state index >= 15 is 0 Å². The van der Waals surface area contributed by atoms with Gasteiger partial charge in [-0.1, -0.05) is 79.9 Å². The Bertz CT molecular complexity index is 1340. The number of nitrogens with zero attached hydrogens (tertiary/aromatic N) is 3. The second-order valence-electron chi connectivity index (χ2n) is 9.79. The number of anilines is 1. The van der Waals surface area contributed by atoms with Crippen LogP contribution in [0, 0.1) is 5.92 Å². The zero-order valence-corrected chi connectivity index (χ0v) is 20.9. The SMILES string of the molecule is CN(C(=O)C1CCCCC1)c1ccc2c(c1)nc(CC(=O)c1ccccc1)n2CCc1ccccc1. The van der Waals surface area contributed by atoms with E-state index in [4.69, 9.17) is 4.98 Å². The van der Waals surface area contributed by atoms with Crippen LogP contribution in [0.1, 0.15) is 53.8 Å². The van der Waals surface area contributed by atoms with Crippen molar-refractivity contribution in [3.05, 3.63) is 95.8 Å². The van der Waals surface area contributed by atoms with Gasteiger partial charge in [-0.25, -0.2) is 4.98 Å². The van der Waals surface area contributed by atoms with Crippen molar-refractivity contribution >= 4 is 28.4 Å². The van der Waals surface area contributed by atoms with Gasteiger partial charge in [-0.2, -0.15) is 0 Å². The minimum atomic E-state index is 0.0525. The predicted octanol–water partition coefficient (Wildman–Crippen LogP) is 6.25. The number of carbonyl (C=O) groups is 2. The van der Waals surface area contributed by atoms with E-state index in [9.17, 15) is 9.59 Å². The van der Waals surface area contributed by atoms with E-state index in [0.29, 0.717) is 5.56 Å². The largest absolute Gasteiger partial charge is 0.327 e. The zero-order valence-electron chi connectivity index (χ0n) is 20.9. The number of aromatic nitrogens is 2. The maximum atomic E-state index is 13.1. The first-order chi connectivity index (χ1) is 17.6. The fourth-order valence-corrected chi connectivity index (χ4v) is 5.27. The van der Waals surface area contributed by atoms with Crippen molar-refractivity contribution in [1.82, 2.24) is 9.55 Å². The highest BCUT2D eigenvalue weighted by atomic mass is 16.2. The maximum absolute atomic E-state index is 13.1. The lowest BCUT2D eigenvalue weighted by molar-refractivity contribution is -0.123. The molecule has 1 heterocycles.